The predicted molar refractivity (Wildman–Crippen MR) is 100 cm³/mol. The maximum absolute atomic E-state index is 13.2. The molecule has 2 aromatic carbocycles. The lowest BCUT2D eigenvalue weighted by molar-refractivity contribution is -0.115. The Morgan fingerprint density at radius 3 is 2.16 bits per heavy atom. The highest BCUT2D eigenvalue weighted by molar-refractivity contribution is 6.16. The van der Waals surface area contributed by atoms with Crippen LogP contribution in [0.25, 0.3) is 11.3 Å². The lowest BCUT2D eigenvalue weighted by atomic mass is 9.91. The van der Waals surface area contributed by atoms with Crippen LogP contribution >= 0.6 is 0 Å². The first-order chi connectivity index (χ1) is 11.9. The third-order valence-electron chi connectivity index (χ3n) is 4.38. The number of amides is 1. The number of nitrogens with one attached hydrogen (secondary N) is 1. The van der Waals surface area contributed by atoms with Crippen molar-refractivity contribution in [1.82, 2.24) is 5.32 Å². The van der Waals surface area contributed by atoms with E-state index in [1.807, 2.05) is 45.0 Å². The SMILES string of the molecule is C=C(C)C1=C(c2ccc(F)cc2)NC(=O)/C1=C(/C)c1ccc(C)cc1. The van der Waals surface area contributed by atoms with Crippen LogP contribution in [0.5, 0.6) is 0 Å². The zero-order chi connectivity index (χ0) is 18.1. The minimum absolute atomic E-state index is 0.157. The van der Waals surface area contributed by atoms with Crippen molar-refractivity contribution in [3.8, 4) is 0 Å². The zero-order valence-electron chi connectivity index (χ0n) is 14.6. The van der Waals surface area contributed by atoms with Crippen LogP contribution in [0.2, 0.25) is 0 Å². The number of carbonyl (C=O) groups is 1. The van der Waals surface area contributed by atoms with Crippen LogP contribution in [0.1, 0.15) is 30.5 Å². The fourth-order valence-electron chi connectivity index (χ4n) is 3.04. The minimum atomic E-state index is -0.308. The molecule has 3 rings (SSSR count). The van der Waals surface area contributed by atoms with Crippen molar-refractivity contribution < 1.29 is 9.18 Å². The second-order valence-electron chi connectivity index (χ2n) is 6.36. The number of benzene rings is 2. The molecule has 25 heavy (non-hydrogen) atoms. The molecule has 1 N–H and O–H groups in total. The molecule has 0 unspecified atom stereocenters. The van der Waals surface area contributed by atoms with Crippen molar-refractivity contribution in [2.75, 3.05) is 0 Å². The van der Waals surface area contributed by atoms with E-state index < -0.39 is 0 Å². The third kappa shape index (κ3) is 3.18. The van der Waals surface area contributed by atoms with E-state index in [1.165, 1.54) is 17.7 Å². The van der Waals surface area contributed by atoms with Crippen LogP contribution < -0.4 is 5.32 Å². The van der Waals surface area contributed by atoms with E-state index in [2.05, 4.69) is 11.9 Å². The minimum Gasteiger partial charge on any atom is -0.321 e. The molecule has 2 nitrogen and oxygen atoms in total. The van der Waals surface area contributed by atoms with Crippen molar-refractivity contribution in [3.05, 3.63) is 94.3 Å². The molecule has 1 aliphatic heterocycles. The molecule has 0 fully saturated rings. The van der Waals surface area contributed by atoms with Gasteiger partial charge >= 0.3 is 0 Å². The summed E-state index contributed by atoms with van der Waals surface area (Å²) in [5, 5.41) is 2.93. The van der Waals surface area contributed by atoms with E-state index in [1.54, 1.807) is 12.1 Å². The van der Waals surface area contributed by atoms with Crippen molar-refractivity contribution in [3.63, 3.8) is 0 Å². The average molecular weight is 333 g/mol. The Balaban J connectivity index is 2.20. The van der Waals surface area contributed by atoms with Gasteiger partial charge in [-0.25, -0.2) is 4.39 Å². The Morgan fingerprint density at radius 1 is 1.00 bits per heavy atom. The van der Waals surface area contributed by atoms with E-state index in [0.29, 0.717) is 11.3 Å². The summed E-state index contributed by atoms with van der Waals surface area (Å²) < 4.78 is 13.2. The summed E-state index contributed by atoms with van der Waals surface area (Å²) in [5.74, 6) is -0.465. The third-order valence-corrected chi connectivity index (χ3v) is 4.38. The maximum Gasteiger partial charge on any atom is 0.256 e. The van der Waals surface area contributed by atoms with E-state index in [0.717, 1.165) is 27.8 Å². The van der Waals surface area contributed by atoms with Crippen LogP contribution in [0.3, 0.4) is 0 Å². The van der Waals surface area contributed by atoms with Crippen molar-refractivity contribution in [2.45, 2.75) is 20.8 Å². The van der Waals surface area contributed by atoms with Crippen LogP contribution in [0, 0.1) is 12.7 Å². The Hall–Kier alpha value is -2.94. The van der Waals surface area contributed by atoms with Crippen molar-refractivity contribution in [2.24, 2.45) is 0 Å². The van der Waals surface area contributed by atoms with Gasteiger partial charge in [0.25, 0.3) is 5.91 Å². The smallest absolute Gasteiger partial charge is 0.256 e. The first-order valence-electron chi connectivity index (χ1n) is 8.14. The molecule has 0 bridgehead atoms. The van der Waals surface area contributed by atoms with Gasteiger partial charge in [0.15, 0.2) is 0 Å². The van der Waals surface area contributed by atoms with Crippen LogP contribution in [-0.4, -0.2) is 5.91 Å². The maximum atomic E-state index is 13.2. The van der Waals surface area contributed by atoms with Gasteiger partial charge in [-0.15, -0.1) is 0 Å². The molecular formula is C22H20FNO. The number of rotatable bonds is 3. The molecule has 2 aromatic rings. The average Bonchev–Trinajstić information content (AvgIpc) is 2.93. The molecular weight excluding hydrogens is 313 g/mol. The van der Waals surface area contributed by atoms with Gasteiger partial charge in [0.05, 0.1) is 11.3 Å². The summed E-state index contributed by atoms with van der Waals surface area (Å²) in [6, 6.07) is 14.2. The molecule has 0 atom stereocenters. The highest BCUT2D eigenvalue weighted by atomic mass is 19.1. The highest BCUT2D eigenvalue weighted by Gasteiger charge is 2.30. The second-order valence-corrected chi connectivity index (χ2v) is 6.36. The van der Waals surface area contributed by atoms with Gasteiger partial charge in [-0.2, -0.15) is 0 Å². The number of carbonyl (C=O) groups excluding carboxylic acids is 1. The standard InChI is InChI=1S/C22H20FNO/c1-13(2)19-20(15(4)16-7-5-14(3)6-8-16)22(25)24-21(19)17-9-11-18(23)12-10-17/h5-12H,1H2,2-4H3,(H,24,25)/b20-15-. The van der Waals surface area contributed by atoms with Crippen molar-refractivity contribution in [1.29, 1.82) is 0 Å². The van der Waals surface area contributed by atoms with Gasteiger partial charge in [-0.1, -0.05) is 36.4 Å². The Morgan fingerprint density at radius 2 is 1.60 bits per heavy atom. The molecule has 1 heterocycles. The van der Waals surface area contributed by atoms with Gasteiger partial charge in [0, 0.05) is 5.57 Å². The quantitative estimate of drug-likeness (QED) is 0.785. The molecule has 1 aliphatic rings. The van der Waals surface area contributed by atoms with E-state index in [4.69, 9.17) is 0 Å². The number of allylic oxidation sites excluding steroid dienone is 2. The largest absolute Gasteiger partial charge is 0.321 e. The summed E-state index contributed by atoms with van der Waals surface area (Å²) in [5.41, 5.74) is 6.70. The second kappa shape index (κ2) is 6.52. The molecule has 1 amide bonds. The first-order valence-corrected chi connectivity index (χ1v) is 8.14. The Bertz CT molecular complexity index is 916. The fraction of sp³-hybridized carbons (Fsp3) is 0.136. The Labute approximate surface area is 147 Å². The Kier molecular flexibility index (Phi) is 4.41. The molecule has 0 saturated heterocycles. The summed E-state index contributed by atoms with van der Waals surface area (Å²) >= 11 is 0. The lowest BCUT2D eigenvalue weighted by Gasteiger charge is -2.10. The molecule has 0 aliphatic carbocycles. The van der Waals surface area contributed by atoms with E-state index in [9.17, 15) is 9.18 Å². The molecule has 0 saturated carbocycles. The van der Waals surface area contributed by atoms with Gasteiger partial charge in [0.2, 0.25) is 0 Å². The summed E-state index contributed by atoms with van der Waals surface area (Å²) in [7, 11) is 0. The first kappa shape index (κ1) is 16.9. The normalized spacial score (nSPS) is 16.1. The number of halogens is 1. The number of aryl methyl sites for hydroxylation is 1. The van der Waals surface area contributed by atoms with Crippen LogP contribution in [0.15, 0.2) is 71.8 Å². The van der Waals surface area contributed by atoms with Crippen LogP contribution in [0.4, 0.5) is 4.39 Å². The van der Waals surface area contributed by atoms with Gasteiger partial charge < -0.3 is 5.32 Å². The molecule has 0 spiro atoms. The monoisotopic (exact) mass is 333 g/mol. The topological polar surface area (TPSA) is 29.1 Å². The number of hydrogen-bond donors (Lipinski definition) is 1. The molecule has 0 aromatic heterocycles. The molecule has 3 heteroatoms. The van der Waals surface area contributed by atoms with Crippen LogP contribution in [-0.2, 0) is 4.79 Å². The summed E-state index contributed by atoms with van der Waals surface area (Å²) in [6.45, 7) is 9.89. The highest BCUT2D eigenvalue weighted by Crippen LogP contribution is 2.37. The lowest BCUT2D eigenvalue weighted by Crippen LogP contribution is -2.16. The van der Waals surface area contributed by atoms with Gasteiger partial charge in [-0.3, -0.25) is 4.79 Å². The molecule has 126 valence electrons. The fourth-order valence-corrected chi connectivity index (χ4v) is 3.04. The summed E-state index contributed by atoms with van der Waals surface area (Å²) in [4.78, 5) is 12.7. The zero-order valence-corrected chi connectivity index (χ0v) is 14.6. The van der Waals surface area contributed by atoms with Gasteiger partial charge in [-0.05, 0) is 67.3 Å². The number of hydrogen-bond acceptors (Lipinski definition) is 1. The predicted octanol–water partition coefficient (Wildman–Crippen LogP) is 5.02. The summed E-state index contributed by atoms with van der Waals surface area (Å²) in [6.07, 6.45) is 0. The van der Waals surface area contributed by atoms with E-state index in [-0.39, 0.29) is 11.7 Å². The van der Waals surface area contributed by atoms with Gasteiger partial charge in [0.1, 0.15) is 5.82 Å². The van der Waals surface area contributed by atoms with Crippen molar-refractivity contribution >= 4 is 17.2 Å². The van der Waals surface area contributed by atoms with E-state index >= 15 is 0 Å². The molecule has 0 radical (unpaired) electrons.